The first-order valence-electron chi connectivity index (χ1n) is 7.51. The number of benzene rings is 1. The van der Waals surface area contributed by atoms with Crippen molar-refractivity contribution >= 4 is 11.6 Å². The minimum Gasteiger partial charge on any atom is -0.339 e. The fraction of sp³-hybridized carbons (Fsp3) is 0.176. The molecule has 7 heteroatoms. The van der Waals surface area contributed by atoms with Crippen LogP contribution in [0.1, 0.15) is 18.7 Å². The zero-order valence-corrected chi connectivity index (χ0v) is 12.8. The van der Waals surface area contributed by atoms with Gasteiger partial charge in [0, 0.05) is 19.0 Å². The van der Waals surface area contributed by atoms with E-state index in [0.29, 0.717) is 30.3 Å². The molecule has 0 saturated carbocycles. The number of aromatic nitrogens is 3. The fourth-order valence-electron chi connectivity index (χ4n) is 2.13. The smallest absolute Gasteiger partial charge is 0.227 e. The summed E-state index contributed by atoms with van der Waals surface area (Å²) < 4.78 is 18.6. The van der Waals surface area contributed by atoms with Gasteiger partial charge >= 0.3 is 0 Å². The average molecular weight is 326 g/mol. The Morgan fingerprint density at radius 1 is 1.17 bits per heavy atom. The van der Waals surface area contributed by atoms with Gasteiger partial charge in [0.2, 0.25) is 17.6 Å². The Kier molecular flexibility index (Phi) is 4.90. The third-order valence-electron chi connectivity index (χ3n) is 3.30. The lowest BCUT2D eigenvalue weighted by Crippen LogP contribution is -2.12. The summed E-state index contributed by atoms with van der Waals surface area (Å²) in [5.74, 6) is 0.142. The largest absolute Gasteiger partial charge is 0.339 e. The van der Waals surface area contributed by atoms with Crippen LogP contribution < -0.4 is 5.32 Å². The van der Waals surface area contributed by atoms with Crippen LogP contribution in [0.4, 0.5) is 10.1 Å². The SMILES string of the molecule is O=C(CCCc1nc(-c2ccccn2)no1)Nc1ccccc1F. The Morgan fingerprint density at radius 2 is 2.00 bits per heavy atom. The van der Waals surface area contributed by atoms with Crippen molar-refractivity contribution in [2.24, 2.45) is 0 Å². The van der Waals surface area contributed by atoms with E-state index in [4.69, 9.17) is 4.52 Å². The van der Waals surface area contributed by atoms with Gasteiger partial charge in [-0.1, -0.05) is 23.4 Å². The molecule has 0 unspecified atom stereocenters. The second-order valence-electron chi connectivity index (χ2n) is 5.11. The lowest BCUT2D eigenvalue weighted by atomic mass is 10.2. The standard InChI is InChI=1S/C17H15FN4O2/c18-12-6-1-2-7-13(12)20-15(23)9-5-10-16-21-17(22-24-16)14-8-3-4-11-19-14/h1-4,6-8,11H,5,9-10H2,(H,20,23). The van der Waals surface area contributed by atoms with Crippen molar-refractivity contribution in [1.29, 1.82) is 0 Å². The molecule has 0 atom stereocenters. The summed E-state index contributed by atoms with van der Waals surface area (Å²) in [6.45, 7) is 0. The number of pyridine rings is 1. The van der Waals surface area contributed by atoms with Gasteiger partial charge < -0.3 is 9.84 Å². The number of nitrogens with zero attached hydrogens (tertiary/aromatic N) is 3. The number of hydrogen-bond acceptors (Lipinski definition) is 5. The molecule has 2 heterocycles. The minimum atomic E-state index is -0.456. The van der Waals surface area contributed by atoms with Crippen LogP contribution >= 0.6 is 0 Å². The third-order valence-corrected chi connectivity index (χ3v) is 3.30. The predicted molar refractivity (Wildman–Crippen MR) is 85.5 cm³/mol. The van der Waals surface area contributed by atoms with Gasteiger partial charge in [0.15, 0.2) is 0 Å². The molecule has 3 rings (SSSR count). The van der Waals surface area contributed by atoms with Gasteiger partial charge in [-0.25, -0.2) is 4.39 Å². The van der Waals surface area contributed by atoms with Gasteiger partial charge in [0.25, 0.3) is 0 Å². The van der Waals surface area contributed by atoms with E-state index in [-0.39, 0.29) is 18.0 Å². The van der Waals surface area contributed by atoms with Crippen molar-refractivity contribution < 1.29 is 13.7 Å². The van der Waals surface area contributed by atoms with Gasteiger partial charge in [0.1, 0.15) is 11.5 Å². The molecule has 0 radical (unpaired) electrons. The summed E-state index contributed by atoms with van der Waals surface area (Å²) in [6, 6.07) is 11.5. The van der Waals surface area contributed by atoms with Crippen molar-refractivity contribution in [2.75, 3.05) is 5.32 Å². The average Bonchev–Trinajstić information content (AvgIpc) is 3.07. The molecule has 0 fully saturated rings. The second kappa shape index (κ2) is 7.45. The molecular weight excluding hydrogens is 311 g/mol. The first-order chi connectivity index (χ1) is 11.7. The number of carbonyl (C=O) groups is 1. The number of carbonyl (C=O) groups excluding carboxylic acids is 1. The maximum absolute atomic E-state index is 13.4. The highest BCUT2D eigenvalue weighted by atomic mass is 19.1. The summed E-state index contributed by atoms with van der Waals surface area (Å²) in [6.07, 6.45) is 2.86. The van der Waals surface area contributed by atoms with Crippen molar-refractivity contribution in [3.63, 3.8) is 0 Å². The van der Waals surface area contributed by atoms with E-state index in [1.54, 1.807) is 30.5 Å². The molecule has 24 heavy (non-hydrogen) atoms. The molecule has 1 amide bonds. The number of nitrogens with one attached hydrogen (secondary N) is 1. The monoisotopic (exact) mass is 326 g/mol. The summed E-state index contributed by atoms with van der Waals surface area (Å²) in [5.41, 5.74) is 0.808. The lowest BCUT2D eigenvalue weighted by molar-refractivity contribution is -0.116. The van der Waals surface area contributed by atoms with Crippen LogP contribution in [-0.2, 0) is 11.2 Å². The summed E-state index contributed by atoms with van der Waals surface area (Å²) in [7, 11) is 0. The number of rotatable bonds is 6. The molecule has 3 aromatic rings. The van der Waals surface area contributed by atoms with Gasteiger partial charge in [-0.3, -0.25) is 9.78 Å². The maximum atomic E-state index is 13.4. The predicted octanol–water partition coefficient (Wildman–Crippen LogP) is 3.23. The van der Waals surface area contributed by atoms with E-state index in [9.17, 15) is 9.18 Å². The van der Waals surface area contributed by atoms with Crippen molar-refractivity contribution in [2.45, 2.75) is 19.3 Å². The van der Waals surface area contributed by atoms with Gasteiger partial charge in [0.05, 0.1) is 5.69 Å². The lowest BCUT2D eigenvalue weighted by Gasteiger charge is -2.05. The molecule has 0 spiro atoms. The second-order valence-corrected chi connectivity index (χ2v) is 5.11. The van der Waals surface area contributed by atoms with Crippen LogP contribution in [0.25, 0.3) is 11.5 Å². The van der Waals surface area contributed by atoms with Crippen LogP contribution in [0.15, 0.2) is 53.2 Å². The first kappa shape index (κ1) is 15.8. The fourth-order valence-corrected chi connectivity index (χ4v) is 2.13. The summed E-state index contributed by atoms with van der Waals surface area (Å²) >= 11 is 0. The van der Waals surface area contributed by atoms with Crippen molar-refractivity contribution in [3.8, 4) is 11.5 Å². The zero-order valence-electron chi connectivity index (χ0n) is 12.8. The highest BCUT2D eigenvalue weighted by molar-refractivity contribution is 5.90. The molecule has 6 nitrogen and oxygen atoms in total. The quantitative estimate of drug-likeness (QED) is 0.752. The van der Waals surface area contributed by atoms with Crippen molar-refractivity contribution in [3.05, 3.63) is 60.4 Å². The molecule has 0 aliphatic heterocycles. The minimum absolute atomic E-state index is 0.178. The molecule has 0 aliphatic rings. The molecule has 0 aliphatic carbocycles. The number of aryl methyl sites for hydroxylation is 1. The topological polar surface area (TPSA) is 80.9 Å². The van der Waals surface area contributed by atoms with Crippen LogP contribution in [0, 0.1) is 5.82 Å². The third kappa shape index (κ3) is 4.01. The molecular formula is C17H15FN4O2. The normalized spacial score (nSPS) is 10.5. The van der Waals surface area contributed by atoms with Crippen LogP contribution in [0.3, 0.4) is 0 Å². The summed E-state index contributed by atoms with van der Waals surface area (Å²) in [4.78, 5) is 20.2. The molecule has 1 aromatic carbocycles. The Labute approximate surface area is 137 Å². The van der Waals surface area contributed by atoms with Crippen molar-refractivity contribution in [1.82, 2.24) is 15.1 Å². The summed E-state index contributed by atoms with van der Waals surface area (Å²) in [5, 5.41) is 6.40. The van der Waals surface area contributed by atoms with Gasteiger partial charge in [-0.2, -0.15) is 4.98 Å². The number of halogens is 1. The number of amides is 1. The Bertz CT molecular complexity index is 820. The van der Waals surface area contributed by atoms with E-state index >= 15 is 0 Å². The molecule has 122 valence electrons. The van der Waals surface area contributed by atoms with E-state index < -0.39 is 5.82 Å². The van der Waals surface area contributed by atoms with E-state index in [2.05, 4.69) is 20.4 Å². The van der Waals surface area contributed by atoms with E-state index in [1.807, 2.05) is 6.07 Å². The number of hydrogen-bond donors (Lipinski definition) is 1. The Morgan fingerprint density at radius 3 is 2.79 bits per heavy atom. The molecule has 1 N–H and O–H groups in total. The molecule has 0 bridgehead atoms. The highest BCUT2D eigenvalue weighted by Gasteiger charge is 2.11. The number of anilines is 1. The van der Waals surface area contributed by atoms with Gasteiger partial charge in [-0.15, -0.1) is 0 Å². The Balaban J connectivity index is 1.49. The first-order valence-corrected chi connectivity index (χ1v) is 7.51. The van der Waals surface area contributed by atoms with Gasteiger partial charge in [-0.05, 0) is 30.7 Å². The maximum Gasteiger partial charge on any atom is 0.227 e. The number of para-hydroxylation sites is 1. The Hall–Kier alpha value is -3.09. The molecule has 2 aromatic heterocycles. The van der Waals surface area contributed by atoms with E-state index in [1.165, 1.54) is 12.1 Å². The molecule has 0 saturated heterocycles. The van der Waals surface area contributed by atoms with Crippen LogP contribution in [-0.4, -0.2) is 21.0 Å². The zero-order chi connectivity index (χ0) is 16.8. The van der Waals surface area contributed by atoms with Crippen LogP contribution in [0.5, 0.6) is 0 Å². The van der Waals surface area contributed by atoms with E-state index in [0.717, 1.165) is 0 Å². The van der Waals surface area contributed by atoms with Crippen LogP contribution in [0.2, 0.25) is 0 Å². The highest BCUT2D eigenvalue weighted by Crippen LogP contribution is 2.15.